The first-order valence-electron chi connectivity index (χ1n) is 10.2. The van der Waals surface area contributed by atoms with Gasteiger partial charge in [-0.05, 0) is 55.2 Å². The first-order valence-corrected chi connectivity index (χ1v) is 10.2. The molecule has 0 aliphatic carbocycles. The summed E-state index contributed by atoms with van der Waals surface area (Å²) in [5.41, 5.74) is 3.46. The molecular weight excluding hydrogens is 394 g/mol. The van der Waals surface area contributed by atoms with E-state index < -0.39 is 18.5 Å². The first kappa shape index (κ1) is 22.2. The lowest BCUT2D eigenvalue weighted by Crippen LogP contribution is -2.23. The van der Waals surface area contributed by atoms with Crippen molar-refractivity contribution in [1.29, 1.82) is 0 Å². The summed E-state index contributed by atoms with van der Waals surface area (Å²) >= 11 is 0. The van der Waals surface area contributed by atoms with Gasteiger partial charge in [-0.3, -0.25) is 9.59 Å². The smallest absolute Gasteiger partial charge is 0.338 e. The predicted octanol–water partition coefficient (Wildman–Crippen LogP) is 3.82. The summed E-state index contributed by atoms with van der Waals surface area (Å²) in [6.07, 6.45) is 0. The lowest BCUT2D eigenvalue weighted by molar-refractivity contribution is -0.119. The Morgan fingerprint density at radius 3 is 2.39 bits per heavy atom. The maximum Gasteiger partial charge on any atom is 0.338 e. The molecule has 0 atom stereocenters. The number of rotatable bonds is 5. The van der Waals surface area contributed by atoms with Crippen molar-refractivity contribution in [2.24, 2.45) is 0 Å². The van der Waals surface area contributed by atoms with Gasteiger partial charge in [0.1, 0.15) is 5.69 Å². The van der Waals surface area contributed by atoms with Crippen LogP contribution in [0.4, 0.5) is 5.69 Å². The van der Waals surface area contributed by atoms with Gasteiger partial charge in [0.25, 0.3) is 11.5 Å². The molecule has 0 saturated heterocycles. The SMILES string of the molecule is CCn1c(=O)c(C)nc2cc(C(=O)OCC(=O)Nc3ccc(C(C)(C)C)cc3)ccc21. The highest BCUT2D eigenvalue weighted by molar-refractivity contribution is 5.97. The molecule has 0 fully saturated rings. The Bertz CT molecular complexity index is 1190. The monoisotopic (exact) mass is 421 g/mol. The van der Waals surface area contributed by atoms with Crippen LogP contribution in [0.15, 0.2) is 47.3 Å². The molecule has 0 radical (unpaired) electrons. The number of nitrogens with one attached hydrogen (secondary N) is 1. The van der Waals surface area contributed by atoms with Crippen LogP contribution in [0, 0.1) is 6.92 Å². The summed E-state index contributed by atoms with van der Waals surface area (Å²) in [6, 6.07) is 12.4. The molecule has 1 aromatic heterocycles. The number of anilines is 1. The minimum atomic E-state index is -0.631. The Balaban J connectivity index is 1.66. The van der Waals surface area contributed by atoms with Crippen molar-refractivity contribution in [3.05, 3.63) is 69.6 Å². The number of carbonyl (C=O) groups is 2. The summed E-state index contributed by atoms with van der Waals surface area (Å²) in [7, 11) is 0. The van der Waals surface area contributed by atoms with E-state index in [9.17, 15) is 14.4 Å². The van der Waals surface area contributed by atoms with Crippen LogP contribution in [0.5, 0.6) is 0 Å². The van der Waals surface area contributed by atoms with Gasteiger partial charge in [-0.15, -0.1) is 0 Å². The Hall–Kier alpha value is -3.48. The summed E-state index contributed by atoms with van der Waals surface area (Å²) in [5.74, 6) is -1.06. The predicted molar refractivity (Wildman–Crippen MR) is 120 cm³/mol. The third-order valence-corrected chi connectivity index (χ3v) is 5.03. The highest BCUT2D eigenvalue weighted by Gasteiger charge is 2.15. The van der Waals surface area contributed by atoms with E-state index in [1.54, 1.807) is 29.7 Å². The van der Waals surface area contributed by atoms with Crippen molar-refractivity contribution in [3.8, 4) is 0 Å². The highest BCUT2D eigenvalue weighted by Crippen LogP contribution is 2.23. The number of hydrogen-bond donors (Lipinski definition) is 1. The van der Waals surface area contributed by atoms with Crippen molar-refractivity contribution >= 4 is 28.6 Å². The summed E-state index contributed by atoms with van der Waals surface area (Å²) in [5, 5.41) is 2.72. The first-order chi connectivity index (χ1) is 14.6. The van der Waals surface area contributed by atoms with Gasteiger partial charge in [0, 0.05) is 12.2 Å². The summed E-state index contributed by atoms with van der Waals surface area (Å²) < 4.78 is 6.75. The maximum atomic E-state index is 12.4. The van der Waals surface area contributed by atoms with E-state index in [-0.39, 0.29) is 16.5 Å². The van der Waals surface area contributed by atoms with Gasteiger partial charge in [-0.2, -0.15) is 0 Å². The summed E-state index contributed by atoms with van der Waals surface area (Å²) in [4.78, 5) is 41.1. The van der Waals surface area contributed by atoms with Crippen LogP contribution in [0.25, 0.3) is 11.0 Å². The second kappa shape index (κ2) is 8.71. The molecule has 0 aliphatic rings. The molecule has 0 saturated carbocycles. The molecule has 0 spiro atoms. The minimum Gasteiger partial charge on any atom is -0.452 e. The lowest BCUT2D eigenvalue weighted by atomic mass is 9.87. The van der Waals surface area contributed by atoms with Crippen molar-refractivity contribution in [2.45, 2.75) is 46.6 Å². The number of aromatic nitrogens is 2. The fourth-order valence-electron chi connectivity index (χ4n) is 3.28. The average molecular weight is 421 g/mol. The maximum absolute atomic E-state index is 12.4. The molecule has 0 aliphatic heterocycles. The van der Waals surface area contributed by atoms with Crippen LogP contribution < -0.4 is 10.9 Å². The van der Waals surface area contributed by atoms with Crippen LogP contribution >= 0.6 is 0 Å². The van der Waals surface area contributed by atoms with Gasteiger partial charge in [0.15, 0.2) is 6.61 Å². The second-order valence-corrected chi connectivity index (χ2v) is 8.40. The number of esters is 1. The highest BCUT2D eigenvalue weighted by atomic mass is 16.5. The fourth-order valence-corrected chi connectivity index (χ4v) is 3.28. The topological polar surface area (TPSA) is 90.3 Å². The van der Waals surface area contributed by atoms with Gasteiger partial charge >= 0.3 is 5.97 Å². The van der Waals surface area contributed by atoms with Crippen molar-refractivity contribution in [3.63, 3.8) is 0 Å². The number of aryl methyl sites for hydroxylation is 2. The molecule has 2 aromatic carbocycles. The second-order valence-electron chi connectivity index (χ2n) is 8.40. The van der Waals surface area contributed by atoms with Gasteiger partial charge in [-0.1, -0.05) is 32.9 Å². The zero-order valence-corrected chi connectivity index (χ0v) is 18.5. The summed E-state index contributed by atoms with van der Waals surface area (Å²) in [6.45, 7) is 9.95. The van der Waals surface area contributed by atoms with E-state index in [0.717, 1.165) is 5.56 Å². The molecular formula is C24H27N3O4. The number of carbonyl (C=O) groups excluding carboxylic acids is 2. The van der Waals surface area contributed by atoms with Crippen molar-refractivity contribution in [1.82, 2.24) is 9.55 Å². The minimum absolute atomic E-state index is 0.0248. The van der Waals surface area contributed by atoms with E-state index in [1.807, 2.05) is 31.2 Å². The number of nitrogens with zero attached hydrogens (tertiary/aromatic N) is 2. The number of ether oxygens (including phenoxy) is 1. The number of amides is 1. The molecule has 162 valence electrons. The molecule has 1 heterocycles. The quantitative estimate of drug-likeness (QED) is 0.633. The molecule has 3 aromatic rings. The zero-order chi connectivity index (χ0) is 22.8. The molecule has 7 heteroatoms. The molecule has 7 nitrogen and oxygen atoms in total. The molecule has 3 rings (SSSR count). The van der Waals surface area contributed by atoms with Gasteiger partial charge in [-0.25, -0.2) is 9.78 Å². The standard InChI is InChI=1S/C24H27N3O4/c1-6-27-20-12-7-16(13-19(20)25-15(2)22(27)29)23(30)31-14-21(28)26-18-10-8-17(9-11-18)24(3,4)5/h7-13H,6,14H2,1-5H3,(H,26,28). The van der Waals surface area contributed by atoms with Gasteiger partial charge in [0.05, 0.1) is 16.6 Å². The van der Waals surface area contributed by atoms with E-state index in [4.69, 9.17) is 4.74 Å². The van der Waals surface area contributed by atoms with Gasteiger partial charge in [0.2, 0.25) is 0 Å². The number of hydrogen-bond acceptors (Lipinski definition) is 5. The van der Waals surface area contributed by atoms with Crippen LogP contribution in [-0.4, -0.2) is 28.0 Å². The normalized spacial score (nSPS) is 11.4. The van der Waals surface area contributed by atoms with E-state index in [0.29, 0.717) is 29.0 Å². The Morgan fingerprint density at radius 1 is 1.10 bits per heavy atom. The molecule has 0 unspecified atom stereocenters. The number of fused-ring (bicyclic) bond motifs is 1. The zero-order valence-electron chi connectivity index (χ0n) is 18.5. The average Bonchev–Trinajstić information content (AvgIpc) is 2.72. The Kier molecular flexibility index (Phi) is 6.24. The van der Waals surface area contributed by atoms with Gasteiger partial charge < -0.3 is 14.6 Å². The molecule has 0 bridgehead atoms. The number of benzene rings is 2. The van der Waals surface area contributed by atoms with E-state index >= 15 is 0 Å². The fraction of sp³-hybridized carbons (Fsp3) is 0.333. The Labute approximate surface area is 181 Å². The molecule has 1 N–H and O–H groups in total. The van der Waals surface area contributed by atoms with Crippen LogP contribution in [-0.2, 0) is 21.5 Å². The largest absolute Gasteiger partial charge is 0.452 e. The molecule has 1 amide bonds. The van der Waals surface area contributed by atoms with Crippen LogP contribution in [0.3, 0.4) is 0 Å². The Morgan fingerprint density at radius 2 is 1.77 bits per heavy atom. The third kappa shape index (κ3) is 4.99. The molecule has 31 heavy (non-hydrogen) atoms. The van der Waals surface area contributed by atoms with Crippen LogP contribution in [0.2, 0.25) is 0 Å². The third-order valence-electron chi connectivity index (χ3n) is 5.03. The van der Waals surface area contributed by atoms with Crippen LogP contribution in [0.1, 0.15) is 49.3 Å². The van der Waals surface area contributed by atoms with E-state index in [2.05, 4.69) is 31.1 Å². The lowest BCUT2D eigenvalue weighted by Gasteiger charge is -2.19. The van der Waals surface area contributed by atoms with Crippen molar-refractivity contribution in [2.75, 3.05) is 11.9 Å². The van der Waals surface area contributed by atoms with E-state index in [1.165, 1.54) is 0 Å². The van der Waals surface area contributed by atoms with Crippen molar-refractivity contribution < 1.29 is 14.3 Å².